The maximum Gasteiger partial charge on any atom is 0.138 e. The van der Waals surface area contributed by atoms with Crippen LogP contribution in [0.4, 0.5) is 5.82 Å². The Morgan fingerprint density at radius 2 is 2.30 bits per heavy atom. The fourth-order valence-electron chi connectivity index (χ4n) is 3.12. The molecule has 20 heavy (non-hydrogen) atoms. The summed E-state index contributed by atoms with van der Waals surface area (Å²) in [6.45, 7) is 6.81. The summed E-state index contributed by atoms with van der Waals surface area (Å²) >= 11 is 1.87. The Labute approximate surface area is 124 Å². The lowest BCUT2D eigenvalue weighted by molar-refractivity contribution is 0.509. The zero-order chi connectivity index (χ0) is 14.1. The van der Waals surface area contributed by atoms with E-state index >= 15 is 0 Å². The van der Waals surface area contributed by atoms with Crippen molar-refractivity contribution in [3.05, 3.63) is 16.8 Å². The Morgan fingerprint density at radius 1 is 1.45 bits per heavy atom. The first kappa shape index (κ1) is 13.8. The van der Waals surface area contributed by atoms with Crippen LogP contribution in [0, 0.1) is 5.92 Å². The Bertz CT molecular complexity index is 605. The van der Waals surface area contributed by atoms with Gasteiger partial charge in [-0.2, -0.15) is 0 Å². The summed E-state index contributed by atoms with van der Waals surface area (Å²) in [6, 6.07) is 0.469. The van der Waals surface area contributed by atoms with Crippen LogP contribution in [0.5, 0.6) is 0 Å². The summed E-state index contributed by atoms with van der Waals surface area (Å²) in [5.74, 6) is 1.85. The van der Waals surface area contributed by atoms with Crippen molar-refractivity contribution in [1.29, 1.82) is 0 Å². The van der Waals surface area contributed by atoms with Crippen LogP contribution in [0.2, 0.25) is 0 Å². The molecular weight excluding hydrogens is 266 g/mol. The van der Waals surface area contributed by atoms with Crippen LogP contribution in [0.3, 0.4) is 0 Å². The van der Waals surface area contributed by atoms with Gasteiger partial charge in [-0.15, -0.1) is 11.3 Å². The number of aromatic nitrogens is 2. The second-order valence-electron chi connectivity index (χ2n) is 6.09. The second kappa shape index (κ2) is 5.68. The minimum absolute atomic E-state index is 0.469. The second-order valence-corrected chi connectivity index (χ2v) is 7.17. The number of fused-ring (bicyclic) bond motifs is 3. The summed E-state index contributed by atoms with van der Waals surface area (Å²) in [5.41, 5.74) is 1.51. The van der Waals surface area contributed by atoms with Crippen LogP contribution in [-0.2, 0) is 12.8 Å². The first-order valence-corrected chi connectivity index (χ1v) is 8.52. The molecule has 1 N–H and O–H groups in total. The van der Waals surface area contributed by atoms with E-state index in [-0.39, 0.29) is 0 Å². The molecule has 0 bridgehead atoms. The van der Waals surface area contributed by atoms with Gasteiger partial charge in [-0.25, -0.2) is 9.97 Å². The van der Waals surface area contributed by atoms with Gasteiger partial charge in [-0.1, -0.05) is 20.3 Å². The molecule has 108 valence electrons. The van der Waals surface area contributed by atoms with Gasteiger partial charge in [0.1, 0.15) is 17.0 Å². The molecular formula is C16H23N3S. The molecule has 0 saturated carbocycles. The SMILES string of the molecule is CCC[C@H](C)Nc1ncnc2sc3c(c12)CC[C@@H](C)C3. The summed E-state index contributed by atoms with van der Waals surface area (Å²) in [5, 5.41) is 4.88. The largest absolute Gasteiger partial charge is 0.367 e. The zero-order valence-corrected chi connectivity index (χ0v) is 13.4. The number of hydrogen-bond acceptors (Lipinski definition) is 4. The standard InChI is InChI=1S/C16H23N3S/c1-4-5-11(3)19-15-14-12-7-6-10(2)8-13(12)20-16(14)18-9-17-15/h9-11H,4-8H2,1-3H3,(H,17,18,19)/t10-,11+/m1/s1. The van der Waals surface area contributed by atoms with E-state index in [1.807, 2.05) is 11.3 Å². The van der Waals surface area contributed by atoms with Crippen molar-refractivity contribution in [2.45, 2.75) is 58.9 Å². The average molecular weight is 289 g/mol. The van der Waals surface area contributed by atoms with Gasteiger partial charge in [-0.05, 0) is 44.1 Å². The monoisotopic (exact) mass is 289 g/mol. The van der Waals surface area contributed by atoms with E-state index in [4.69, 9.17) is 0 Å². The van der Waals surface area contributed by atoms with Crippen LogP contribution < -0.4 is 5.32 Å². The maximum absolute atomic E-state index is 4.51. The van der Waals surface area contributed by atoms with Gasteiger partial charge in [0, 0.05) is 10.9 Å². The number of rotatable bonds is 4. The lowest BCUT2D eigenvalue weighted by Crippen LogP contribution is -2.16. The Morgan fingerprint density at radius 3 is 3.10 bits per heavy atom. The van der Waals surface area contributed by atoms with E-state index in [0.29, 0.717) is 6.04 Å². The highest BCUT2D eigenvalue weighted by atomic mass is 32.1. The van der Waals surface area contributed by atoms with Crippen LogP contribution in [0.25, 0.3) is 10.2 Å². The van der Waals surface area contributed by atoms with Crippen LogP contribution in [0.15, 0.2) is 6.33 Å². The van der Waals surface area contributed by atoms with Crippen molar-refractivity contribution in [3.63, 3.8) is 0 Å². The Balaban J connectivity index is 2.00. The number of thiophene rings is 1. The van der Waals surface area contributed by atoms with E-state index in [9.17, 15) is 0 Å². The molecule has 2 aromatic rings. The third-order valence-corrected chi connectivity index (χ3v) is 5.36. The number of anilines is 1. The number of hydrogen-bond donors (Lipinski definition) is 1. The third kappa shape index (κ3) is 2.53. The Hall–Kier alpha value is -1.16. The van der Waals surface area contributed by atoms with Gasteiger partial charge in [0.05, 0.1) is 5.39 Å². The number of nitrogens with zero attached hydrogens (tertiary/aromatic N) is 2. The zero-order valence-electron chi connectivity index (χ0n) is 12.6. The minimum atomic E-state index is 0.469. The van der Waals surface area contributed by atoms with Crippen molar-refractivity contribution in [2.24, 2.45) is 5.92 Å². The molecule has 2 heterocycles. The molecule has 0 saturated heterocycles. The summed E-state index contributed by atoms with van der Waals surface area (Å²) in [4.78, 5) is 11.7. The molecule has 1 aliphatic rings. The number of nitrogens with one attached hydrogen (secondary N) is 1. The van der Waals surface area contributed by atoms with E-state index in [2.05, 4.69) is 36.1 Å². The molecule has 0 spiro atoms. The lowest BCUT2D eigenvalue weighted by Gasteiger charge is -2.19. The van der Waals surface area contributed by atoms with E-state index in [1.54, 1.807) is 6.33 Å². The first-order valence-electron chi connectivity index (χ1n) is 7.70. The highest BCUT2D eigenvalue weighted by molar-refractivity contribution is 7.19. The quantitative estimate of drug-likeness (QED) is 0.905. The molecule has 0 unspecified atom stereocenters. The fraction of sp³-hybridized carbons (Fsp3) is 0.625. The topological polar surface area (TPSA) is 37.8 Å². The summed E-state index contributed by atoms with van der Waals surface area (Å²) < 4.78 is 0. The molecule has 2 aromatic heterocycles. The summed E-state index contributed by atoms with van der Waals surface area (Å²) in [7, 11) is 0. The van der Waals surface area contributed by atoms with Gasteiger partial charge in [0.2, 0.25) is 0 Å². The van der Waals surface area contributed by atoms with E-state index in [0.717, 1.165) is 16.6 Å². The van der Waals surface area contributed by atoms with Crippen molar-refractivity contribution < 1.29 is 0 Å². The van der Waals surface area contributed by atoms with Crippen molar-refractivity contribution in [3.8, 4) is 0 Å². The molecule has 0 amide bonds. The molecule has 0 fully saturated rings. The normalized spacial score (nSPS) is 19.9. The summed E-state index contributed by atoms with van der Waals surface area (Å²) in [6.07, 6.45) is 7.75. The van der Waals surface area contributed by atoms with Crippen LogP contribution in [-0.4, -0.2) is 16.0 Å². The molecule has 0 aliphatic heterocycles. The first-order chi connectivity index (χ1) is 9.69. The third-order valence-electron chi connectivity index (χ3n) is 4.20. The van der Waals surface area contributed by atoms with Crippen LogP contribution >= 0.6 is 11.3 Å². The van der Waals surface area contributed by atoms with Gasteiger partial charge in [-0.3, -0.25) is 0 Å². The smallest absolute Gasteiger partial charge is 0.138 e. The lowest BCUT2D eigenvalue weighted by atomic mass is 9.89. The highest BCUT2D eigenvalue weighted by Crippen LogP contribution is 2.39. The molecule has 3 rings (SSSR count). The van der Waals surface area contributed by atoms with Gasteiger partial charge < -0.3 is 5.32 Å². The van der Waals surface area contributed by atoms with Crippen molar-refractivity contribution >= 4 is 27.4 Å². The fourth-order valence-corrected chi connectivity index (χ4v) is 4.47. The maximum atomic E-state index is 4.51. The highest BCUT2D eigenvalue weighted by Gasteiger charge is 2.23. The van der Waals surface area contributed by atoms with E-state index in [1.165, 1.54) is 47.9 Å². The molecule has 1 aliphatic carbocycles. The van der Waals surface area contributed by atoms with Crippen molar-refractivity contribution in [2.75, 3.05) is 5.32 Å². The average Bonchev–Trinajstić information content (AvgIpc) is 2.77. The molecule has 2 atom stereocenters. The minimum Gasteiger partial charge on any atom is -0.367 e. The molecule has 3 nitrogen and oxygen atoms in total. The molecule has 4 heteroatoms. The van der Waals surface area contributed by atoms with Gasteiger partial charge >= 0.3 is 0 Å². The van der Waals surface area contributed by atoms with Crippen LogP contribution in [0.1, 0.15) is 50.5 Å². The Kier molecular flexibility index (Phi) is 3.92. The predicted molar refractivity (Wildman–Crippen MR) is 86.6 cm³/mol. The van der Waals surface area contributed by atoms with Crippen molar-refractivity contribution in [1.82, 2.24) is 9.97 Å². The van der Waals surface area contributed by atoms with E-state index < -0.39 is 0 Å². The number of aryl methyl sites for hydroxylation is 1. The van der Waals surface area contributed by atoms with Gasteiger partial charge in [0.15, 0.2) is 0 Å². The van der Waals surface area contributed by atoms with Gasteiger partial charge in [0.25, 0.3) is 0 Å². The molecule has 0 aromatic carbocycles. The predicted octanol–water partition coefficient (Wildman–Crippen LogP) is 4.42. The molecule has 0 radical (unpaired) electrons.